The Kier molecular flexibility index (Phi) is 2.01. The Balaban J connectivity index is 3.26. The zero-order valence-electron chi connectivity index (χ0n) is 6.21. The van der Waals surface area contributed by atoms with E-state index in [1.54, 1.807) is 6.92 Å². The molecule has 1 aromatic heterocycles. The molecule has 0 spiro atoms. The summed E-state index contributed by atoms with van der Waals surface area (Å²) in [5, 5.41) is 9.31. The molecule has 1 heterocycles. The van der Waals surface area contributed by atoms with Crippen molar-refractivity contribution in [2.24, 2.45) is 0 Å². The van der Waals surface area contributed by atoms with Crippen molar-refractivity contribution in [3.05, 3.63) is 15.6 Å². The summed E-state index contributed by atoms with van der Waals surface area (Å²) in [6, 6.07) is 1.93. The summed E-state index contributed by atoms with van der Waals surface area (Å²) in [6.07, 6.45) is 0. The van der Waals surface area contributed by atoms with Crippen LogP contribution in [0.1, 0.15) is 27.3 Å². The van der Waals surface area contributed by atoms with Gasteiger partial charge in [0.2, 0.25) is 0 Å². The van der Waals surface area contributed by atoms with Crippen molar-refractivity contribution >= 4 is 17.1 Å². The van der Waals surface area contributed by atoms with Crippen molar-refractivity contribution < 1.29 is 4.79 Å². The first-order valence-electron chi connectivity index (χ1n) is 3.03. The number of thiazole rings is 1. The maximum Gasteiger partial charge on any atom is 0.180 e. The fourth-order valence-electron chi connectivity index (χ4n) is 0.741. The van der Waals surface area contributed by atoms with Crippen LogP contribution in [0.4, 0.5) is 0 Å². The van der Waals surface area contributed by atoms with Crippen LogP contribution in [-0.4, -0.2) is 10.8 Å². The highest BCUT2D eigenvalue weighted by Crippen LogP contribution is 2.16. The smallest absolute Gasteiger partial charge is 0.180 e. The van der Waals surface area contributed by atoms with Crippen molar-refractivity contribution in [1.29, 1.82) is 5.26 Å². The molecule has 0 saturated heterocycles. The molecule has 4 heteroatoms. The molecule has 0 N–H and O–H groups in total. The Bertz CT molecular complexity index is 335. The predicted molar refractivity (Wildman–Crippen MR) is 41.6 cm³/mol. The summed E-state index contributed by atoms with van der Waals surface area (Å²) in [4.78, 5) is 15.2. The molecular weight excluding hydrogens is 160 g/mol. The fraction of sp³-hybridized carbons (Fsp3) is 0.286. The molecule has 1 aromatic rings. The molecule has 0 atom stereocenters. The quantitative estimate of drug-likeness (QED) is 0.594. The van der Waals surface area contributed by atoms with E-state index in [1.165, 1.54) is 18.3 Å². The zero-order chi connectivity index (χ0) is 8.43. The van der Waals surface area contributed by atoms with Gasteiger partial charge in [-0.1, -0.05) is 0 Å². The van der Waals surface area contributed by atoms with Gasteiger partial charge in [-0.2, -0.15) is 5.26 Å². The van der Waals surface area contributed by atoms with Crippen molar-refractivity contribution in [3.63, 3.8) is 0 Å². The summed E-state index contributed by atoms with van der Waals surface area (Å²) < 4.78 is 0. The van der Waals surface area contributed by atoms with Crippen molar-refractivity contribution in [1.82, 2.24) is 4.98 Å². The predicted octanol–water partition coefficient (Wildman–Crippen LogP) is 1.53. The van der Waals surface area contributed by atoms with E-state index >= 15 is 0 Å². The standard InChI is InChI=1S/C7H6N2OS/c1-4(10)7-6(3-8)11-5(2)9-7/h1-2H3. The lowest BCUT2D eigenvalue weighted by molar-refractivity contribution is 0.101. The van der Waals surface area contributed by atoms with E-state index in [0.717, 1.165) is 5.01 Å². The van der Waals surface area contributed by atoms with Crippen LogP contribution in [0.2, 0.25) is 0 Å². The molecule has 0 radical (unpaired) electrons. The summed E-state index contributed by atoms with van der Waals surface area (Å²) in [7, 11) is 0. The number of hydrogen-bond donors (Lipinski definition) is 0. The first-order chi connectivity index (χ1) is 5.15. The van der Waals surface area contributed by atoms with Gasteiger partial charge < -0.3 is 0 Å². The number of nitriles is 1. The molecule has 56 valence electrons. The summed E-state index contributed by atoms with van der Waals surface area (Å²) in [5.41, 5.74) is 0.301. The topological polar surface area (TPSA) is 53.8 Å². The van der Waals surface area contributed by atoms with Crippen molar-refractivity contribution in [2.45, 2.75) is 13.8 Å². The van der Waals surface area contributed by atoms with Gasteiger partial charge in [0, 0.05) is 6.92 Å². The van der Waals surface area contributed by atoms with E-state index in [4.69, 9.17) is 5.26 Å². The minimum Gasteiger partial charge on any atom is -0.293 e. The van der Waals surface area contributed by atoms with Gasteiger partial charge >= 0.3 is 0 Å². The SMILES string of the molecule is CC(=O)c1nc(C)sc1C#N. The monoisotopic (exact) mass is 166 g/mol. The highest BCUT2D eigenvalue weighted by molar-refractivity contribution is 7.12. The second-order valence-electron chi connectivity index (χ2n) is 2.08. The van der Waals surface area contributed by atoms with E-state index < -0.39 is 0 Å². The first-order valence-corrected chi connectivity index (χ1v) is 3.85. The Morgan fingerprint density at radius 2 is 2.36 bits per heavy atom. The van der Waals surface area contributed by atoms with Gasteiger partial charge in [0.1, 0.15) is 16.6 Å². The Hall–Kier alpha value is -1.21. The number of hydrogen-bond acceptors (Lipinski definition) is 4. The van der Waals surface area contributed by atoms with Crippen molar-refractivity contribution in [3.8, 4) is 6.07 Å². The van der Waals surface area contributed by atoms with Gasteiger partial charge in [0.05, 0.1) is 5.01 Å². The summed E-state index contributed by atoms with van der Waals surface area (Å²) in [6.45, 7) is 3.19. The van der Waals surface area contributed by atoms with E-state index in [2.05, 4.69) is 4.98 Å². The third-order valence-corrected chi connectivity index (χ3v) is 2.04. The molecule has 3 nitrogen and oxygen atoms in total. The molecule has 0 amide bonds. The van der Waals surface area contributed by atoms with E-state index in [9.17, 15) is 4.79 Å². The van der Waals surface area contributed by atoms with Crippen LogP contribution in [-0.2, 0) is 0 Å². The van der Waals surface area contributed by atoms with Crippen LogP contribution >= 0.6 is 11.3 Å². The zero-order valence-corrected chi connectivity index (χ0v) is 7.03. The number of carbonyl (C=O) groups is 1. The van der Waals surface area contributed by atoms with E-state index in [0.29, 0.717) is 10.6 Å². The minimum absolute atomic E-state index is 0.147. The number of Topliss-reactive ketones (excluding diaryl/α,β-unsaturated/α-hetero) is 1. The molecule has 0 saturated carbocycles. The fourth-order valence-corrected chi connectivity index (χ4v) is 1.51. The lowest BCUT2D eigenvalue weighted by Gasteiger charge is -1.84. The third-order valence-electron chi connectivity index (χ3n) is 1.17. The Morgan fingerprint density at radius 3 is 2.73 bits per heavy atom. The van der Waals surface area contributed by atoms with E-state index in [-0.39, 0.29) is 5.78 Å². The average molecular weight is 166 g/mol. The maximum absolute atomic E-state index is 10.8. The van der Waals surface area contributed by atoms with Gasteiger partial charge in [-0.3, -0.25) is 4.79 Å². The van der Waals surface area contributed by atoms with E-state index in [1.807, 2.05) is 6.07 Å². The van der Waals surface area contributed by atoms with Gasteiger partial charge in [0.25, 0.3) is 0 Å². The Morgan fingerprint density at radius 1 is 1.73 bits per heavy atom. The van der Waals surface area contributed by atoms with Crippen LogP contribution in [0.25, 0.3) is 0 Å². The molecule has 11 heavy (non-hydrogen) atoms. The number of nitrogens with zero attached hydrogens (tertiary/aromatic N) is 2. The van der Waals surface area contributed by atoms with Gasteiger partial charge in [-0.15, -0.1) is 11.3 Å². The van der Waals surface area contributed by atoms with Crippen LogP contribution in [0.3, 0.4) is 0 Å². The largest absolute Gasteiger partial charge is 0.293 e. The average Bonchev–Trinajstić information content (AvgIpc) is 2.30. The number of carbonyl (C=O) groups excluding carboxylic acids is 1. The highest BCUT2D eigenvalue weighted by atomic mass is 32.1. The summed E-state index contributed by atoms with van der Waals surface area (Å²) >= 11 is 1.25. The Labute approximate surface area is 68.3 Å². The second-order valence-corrected chi connectivity index (χ2v) is 3.28. The second kappa shape index (κ2) is 2.81. The van der Waals surface area contributed by atoms with Crippen LogP contribution in [0.15, 0.2) is 0 Å². The number of ketones is 1. The molecular formula is C7H6N2OS. The lowest BCUT2D eigenvalue weighted by Crippen LogP contribution is -1.94. The number of aryl methyl sites for hydroxylation is 1. The summed E-state index contributed by atoms with van der Waals surface area (Å²) in [5.74, 6) is -0.147. The molecule has 0 unspecified atom stereocenters. The molecule has 0 fully saturated rings. The van der Waals surface area contributed by atoms with Crippen LogP contribution < -0.4 is 0 Å². The normalized spacial score (nSPS) is 9.18. The highest BCUT2D eigenvalue weighted by Gasteiger charge is 2.11. The lowest BCUT2D eigenvalue weighted by atomic mass is 10.3. The molecule has 0 aliphatic heterocycles. The maximum atomic E-state index is 10.8. The number of aromatic nitrogens is 1. The molecule has 0 aliphatic carbocycles. The van der Waals surface area contributed by atoms with Gasteiger partial charge in [-0.25, -0.2) is 4.98 Å². The van der Waals surface area contributed by atoms with Gasteiger partial charge in [0.15, 0.2) is 5.78 Å². The number of rotatable bonds is 1. The first kappa shape index (κ1) is 7.89. The van der Waals surface area contributed by atoms with Gasteiger partial charge in [-0.05, 0) is 6.92 Å². The van der Waals surface area contributed by atoms with Crippen LogP contribution in [0, 0.1) is 18.3 Å². The van der Waals surface area contributed by atoms with Crippen molar-refractivity contribution in [2.75, 3.05) is 0 Å². The molecule has 0 bridgehead atoms. The minimum atomic E-state index is -0.147. The molecule has 0 aromatic carbocycles. The molecule has 0 aliphatic rings. The van der Waals surface area contributed by atoms with Crippen LogP contribution in [0.5, 0.6) is 0 Å². The third kappa shape index (κ3) is 1.44. The molecule has 1 rings (SSSR count).